The number of aryl methyl sites for hydroxylation is 1. The molecule has 2 aromatic rings. The van der Waals surface area contributed by atoms with E-state index in [4.69, 9.17) is 51.1 Å². The minimum Gasteiger partial charge on any atom is -0.456 e. The zero-order valence-electron chi connectivity index (χ0n) is 15.9. The highest BCUT2D eigenvalue weighted by Crippen LogP contribution is 2.44. The molecule has 1 aliphatic heterocycles. The van der Waals surface area contributed by atoms with Crippen LogP contribution in [0.3, 0.4) is 0 Å². The predicted molar refractivity (Wildman–Crippen MR) is 117 cm³/mol. The average Bonchev–Trinajstić information content (AvgIpc) is 2.99. The van der Waals surface area contributed by atoms with Crippen molar-refractivity contribution in [2.24, 2.45) is 0 Å². The van der Waals surface area contributed by atoms with Gasteiger partial charge in [0.25, 0.3) is 17.7 Å². The lowest BCUT2D eigenvalue weighted by Crippen LogP contribution is -2.32. The fourth-order valence-electron chi connectivity index (χ4n) is 2.85. The van der Waals surface area contributed by atoms with E-state index >= 15 is 0 Å². The number of fused-ring (bicyclic) bond motifs is 1. The Labute approximate surface area is 197 Å². The van der Waals surface area contributed by atoms with Gasteiger partial charge in [0.05, 0.1) is 37.6 Å². The van der Waals surface area contributed by atoms with E-state index in [1.807, 2.05) is 19.1 Å². The highest BCUT2D eigenvalue weighted by atomic mass is 35.5. The van der Waals surface area contributed by atoms with Gasteiger partial charge in [0.15, 0.2) is 6.61 Å². The maximum absolute atomic E-state index is 12.6. The molecular weight excluding hydrogens is 490 g/mol. The largest absolute Gasteiger partial charge is 0.456 e. The third kappa shape index (κ3) is 4.80. The Morgan fingerprint density at radius 1 is 0.903 bits per heavy atom. The summed E-state index contributed by atoms with van der Waals surface area (Å²) < 4.78 is 4.90. The van der Waals surface area contributed by atoms with Crippen LogP contribution in [0.4, 0.5) is 5.69 Å². The van der Waals surface area contributed by atoms with E-state index in [9.17, 15) is 19.2 Å². The van der Waals surface area contributed by atoms with E-state index < -0.39 is 30.3 Å². The van der Waals surface area contributed by atoms with Gasteiger partial charge in [-0.25, -0.2) is 0 Å². The average molecular weight is 504 g/mol. The van der Waals surface area contributed by atoms with Gasteiger partial charge in [0, 0.05) is 12.2 Å². The van der Waals surface area contributed by atoms with Crippen molar-refractivity contribution in [3.05, 3.63) is 61.0 Å². The topological polar surface area (TPSA) is 92.8 Å². The highest BCUT2D eigenvalue weighted by molar-refractivity contribution is 6.55. The SMILES string of the molecule is Cc1ccc(NC(=O)COC(=O)CCN2C(=O)c3c(Cl)c(Cl)c(Cl)c(Cl)c3C2=O)cc1. The number of nitrogens with one attached hydrogen (secondary N) is 1. The number of hydrogen-bond donors (Lipinski definition) is 1. The van der Waals surface area contributed by atoms with Crippen LogP contribution in [0, 0.1) is 6.92 Å². The first-order valence-electron chi connectivity index (χ1n) is 8.86. The van der Waals surface area contributed by atoms with Gasteiger partial charge in [-0.05, 0) is 19.1 Å². The van der Waals surface area contributed by atoms with Crippen LogP contribution < -0.4 is 5.32 Å². The third-order valence-corrected chi connectivity index (χ3v) is 6.23. The van der Waals surface area contributed by atoms with Crippen molar-refractivity contribution in [3.8, 4) is 0 Å². The molecule has 3 amide bonds. The standard InChI is InChI=1S/C20H14Cl4N2O5/c1-9-2-4-10(5-3-9)25-11(27)8-31-12(28)6-7-26-19(29)13-14(20(26)30)16(22)18(24)17(23)15(13)21/h2-5H,6-8H2,1H3,(H,25,27). The molecule has 7 nitrogen and oxygen atoms in total. The molecule has 1 N–H and O–H groups in total. The number of rotatable bonds is 6. The Bertz CT molecular complexity index is 1050. The molecule has 0 fully saturated rings. The first-order chi connectivity index (χ1) is 14.6. The summed E-state index contributed by atoms with van der Waals surface area (Å²) in [5.74, 6) is -2.81. The minimum absolute atomic E-state index is 0.144. The number of ether oxygens (including phenoxy) is 1. The lowest BCUT2D eigenvalue weighted by atomic mass is 10.1. The van der Waals surface area contributed by atoms with E-state index in [1.54, 1.807) is 12.1 Å². The fourth-order valence-corrected chi connectivity index (χ4v) is 3.87. The van der Waals surface area contributed by atoms with Crippen molar-refractivity contribution in [3.63, 3.8) is 0 Å². The van der Waals surface area contributed by atoms with Gasteiger partial charge in [-0.1, -0.05) is 64.1 Å². The fraction of sp³-hybridized carbons (Fsp3) is 0.200. The molecule has 2 aromatic carbocycles. The molecule has 11 heteroatoms. The molecular formula is C20H14Cl4N2O5. The van der Waals surface area contributed by atoms with E-state index in [1.165, 1.54) is 0 Å². The summed E-state index contributed by atoms with van der Waals surface area (Å²) in [5.41, 5.74) is 1.25. The number of amides is 3. The zero-order valence-corrected chi connectivity index (χ0v) is 19.0. The third-order valence-electron chi connectivity index (χ3n) is 4.42. The van der Waals surface area contributed by atoms with Crippen molar-refractivity contribution < 1.29 is 23.9 Å². The molecule has 31 heavy (non-hydrogen) atoms. The maximum atomic E-state index is 12.6. The van der Waals surface area contributed by atoms with Gasteiger partial charge in [-0.3, -0.25) is 24.1 Å². The number of benzene rings is 2. The quantitative estimate of drug-likeness (QED) is 0.265. The number of carbonyl (C=O) groups is 4. The van der Waals surface area contributed by atoms with Gasteiger partial charge in [-0.2, -0.15) is 0 Å². The lowest BCUT2D eigenvalue weighted by molar-refractivity contribution is -0.147. The van der Waals surface area contributed by atoms with Crippen LogP contribution in [-0.4, -0.2) is 41.7 Å². The van der Waals surface area contributed by atoms with Crippen LogP contribution in [0.1, 0.15) is 32.7 Å². The van der Waals surface area contributed by atoms with Crippen LogP contribution >= 0.6 is 46.4 Å². The molecule has 0 saturated carbocycles. The molecule has 1 aliphatic rings. The molecule has 0 aliphatic carbocycles. The second kappa shape index (κ2) is 9.44. The summed E-state index contributed by atoms with van der Waals surface area (Å²) in [5, 5.41) is 1.91. The smallest absolute Gasteiger partial charge is 0.308 e. The Morgan fingerprint density at radius 3 is 1.94 bits per heavy atom. The van der Waals surface area contributed by atoms with Crippen molar-refractivity contribution >= 4 is 75.8 Å². The Morgan fingerprint density at radius 2 is 1.42 bits per heavy atom. The van der Waals surface area contributed by atoms with E-state index in [2.05, 4.69) is 5.32 Å². The van der Waals surface area contributed by atoms with Gasteiger partial charge >= 0.3 is 5.97 Å². The molecule has 162 valence electrons. The van der Waals surface area contributed by atoms with Crippen molar-refractivity contribution in [2.45, 2.75) is 13.3 Å². The van der Waals surface area contributed by atoms with Crippen molar-refractivity contribution in [1.29, 1.82) is 0 Å². The molecule has 0 aromatic heterocycles. The van der Waals surface area contributed by atoms with Crippen molar-refractivity contribution in [1.82, 2.24) is 4.90 Å². The van der Waals surface area contributed by atoms with Gasteiger partial charge in [0.1, 0.15) is 0 Å². The van der Waals surface area contributed by atoms with Gasteiger partial charge < -0.3 is 10.1 Å². The molecule has 1 heterocycles. The zero-order chi connectivity index (χ0) is 22.9. The summed E-state index contributed by atoms with van der Waals surface area (Å²) in [7, 11) is 0. The Balaban J connectivity index is 1.57. The molecule has 0 atom stereocenters. The van der Waals surface area contributed by atoms with Crippen LogP contribution in [-0.2, 0) is 14.3 Å². The van der Waals surface area contributed by atoms with Crippen molar-refractivity contribution in [2.75, 3.05) is 18.5 Å². The van der Waals surface area contributed by atoms with E-state index in [0.29, 0.717) is 5.69 Å². The second-order valence-electron chi connectivity index (χ2n) is 6.59. The van der Waals surface area contributed by atoms with Crippen LogP contribution in [0.25, 0.3) is 0 Å². The number of nitrogens with zero attached hydrogens (tertiary/aromatic N) is 1. The maximum Gasteiger partial charge on any atom is 0.308 e. The number of halogens is 4. The minimum atomic E-state index is -0.774. The van der Waals surface area contributed by atoms with Crippen LogP contribution in [0.5, 0.6) is 0 Å². The van der Waals surface area contributed by atoms with Gasteiger partial charge in [-0.15, -0.1) is 0 Å². The summed E-state index contributed by atoms with van der Waals surface area (Å²) in [6.45, 7) is 1.09. The first-order valence-corrected chi connectivity index (χ1v) is 10.4. The number of hydrogen-bond acceptors (Lipinski definition) is 5. The normalized spacial score (nSPS) is 12.7. The predicted octanol–water partition coefficient (Wildman–Crippen LogP) is 4.78. The van der Waals surface area contributed by atoms with Crippen LogP contribution in [0.15, 0.2) is 24.3 Å². The number of anilines is 1. The molecule has 0 saturated heterocycles. The molecule has 0 unspecified atom stereocenters. The Hall–Kier alpha value is -2.32. The summed E-state index contributed by atoms with van der Waals surface area (Å²) in [4.78, 5) is 49.9. The molecule has 0 radical (unpaired) electrons. The summed E-state index contributed by atoms with van der Waals surface area (Å²) in [6.07, 6.45) is -0.333. The molecule has 0 bridgehead atoms. The number of imide groups is 1. The van der Waals surface area contributed by atoms with Crippen LogP contribution in [0.2, 0.25) is 20.1 Å². The second-order valence-corrected chi connectivity index (χ2v) is 8.10. The molecule has 0 spiro atoms. The van der Waals surface area contributed by atoms with Gasteiger partial charge in [0.2, 0.25) is 0 Å². The monoisotopic (exact) mass is 502 g/mol. The number of esters is 1. The lowest BCUT2D eigenvalue weighted by Gasteiger charge is -2.13. The number of carbonyl (C=O) groups excluding carboxylic acids is 4. The summed E-state index contributed by atoms with van der Waals surface area (Å²) >= 11 is 24.0. The first kappa shape index (κ1) is 23.3. The van der Waals surface area contributed by atoms with E-state index in [-0.39, 0.29) is 44.2 Å². The highest BCUT2D eigenvalue weighted by Gasteiger charge is 2.41. The van der Waals surface area contributed by atoms with E-state index in [0.717, 1.165) is 10.5 Å². The summed E-state index contributed by atoms with van der Waals surface area (Å²) in [6, 6.07) is 7.07. The molecule has 3 rings (SSSR count). The Kier molecular flexibility index (Phi) is 7.11.